The molecule has 0 aromatic heterocycles. The van der Waals surface area contributed by atoms with Crippen molar-refractivity contribution in [3.8, 4) is 0 Å². The third-order valence-electron chi connectivity index (χ3n) is 2.93. The molecule has 1 saturated heterocycles. The van der Waals surface area contributed by atoms with E-state index in [1.165, 1.54) is 31.5 Å². The summed E-state index contributed by atoms with van der Waals surface area (Å²) in [5.74, 6) is 0.874. The second kappa shape index (κ2) is 4.54. The summed E-state index contributed by atoms with van der Waals surface area (Å²) in [5, 5.41) is 0. The Balaban J connectivity index is 1.87. The van der Waals surface area contributed by atoms with Crippen molar-refractivity contribution < 1.29 is 0 Å². The van der Waals surface area contributed by atoms with Gasteiger partial charge in [-0.05, 0) is 25.3 Å². The van der Waals surface area contributed by atoms with Gasteiger partial charge in [-0.2, -0.15) is 0 Å². The van der Waals surface area contributed by atoms with Crippen molar-refractivity contribution in [1.82, 2.24) is 4.90 Å². The molecule has 0 N–H and O–H groups in total. The molecule has 1 aliphatic heterocycles. The van der Waals surface area contributed by atoms with Crippen LogP contribution in [0.25, 0.3) is 0 Å². The van der Waals surface area contributed by atoms with Gasteiger partial charge in [0.25, 0.3) is 0 Å². The highest BCUT2D eigenvalue weighted by Crippen LogP contribution is 2.17. The molecular weight excluding hydrogens is 170 g/mol. The largest absolute Gasteiger partial charge is 0.296 e. The molecule has 0 spiro atoms. The molecule has 0 aromatic carbocycles. The van der Waals surface area contributed by atoms with Crippen molar-refractivity contribution in [3.63, 3.8) is 0 Å². The third kappa shape index (κ3) is 2.54. The lowest BCUT2D eigenvalue weighted by Crippen LogP contribution is -2.35. The number of nitrogens with zero attached hydrogens (tertiary/aromatic N) is 1. The first kappa shape index (κ1) is 9.64. The van der Waals surface area contributed by atoms with Gasteiger partial charge in [-0.15, -0.1) is 0 Å². The van der Waals surface area contributed by atoms with E-state index in [1.54, 1.807) is 0 Å². The lowest BCUT2D eigenvalue weighted by molar-refractivity contribution is 0.199. The lowest BCUT2D eigenvalue weighted by Gasteiger charge is -2.30. The fourth-order valence-electron chi connectivity index (χ4n) is 2.22. The maximum atomic E-state index is 3.06. The van der Waals surface area contributed by atoms with Gasteiger partial charge in [-0.3, -0.25) is 4.90 Å². The van der Waals surface area contributed by atoms with Crippen molar-refractivity contribution >= 4 is 0 Å². The molecule has 1 heteroatoms. The summed E-state index contributed by atoms with van der Waals surface area (Å²) >= 11 is 0. The van der Waals surface area contributed by atoms with E-state index < -0.39 is 0 Å². The predicted octanol–water partition coefficient (Wildman–Crippen LogP) is 2.57. The van der Waals surface area contributed by atoms with E-state index in [2.05, 4.69) is 30.1 Å². The molecule has 0 bridgehead atoms. The first-order chi connectivity index (χ1) is 6.84. The molecule has 1 aliphatic carbocycles. The average molecular weight is 188 g/mol. The zero-order valence-electron chi connectivity index (χ0n) is 8.87. The first-order valence-electron chi connectivity index (χ1n) is 5.52. The Hall–Kier alpha value is -0.910. The molecule has 74 valence electrons. The number of hydrogen-bond acceptors (Lipinski definition) is 1. The van der Waals surface area contributed by atoms with E-state index in [0.717, 1.165) is 12.5 Å². The highest BCUT2D eigenvalue weighted by Gasteiger charge is 2.17. The van der Waals surface area contributed by atoms with E-state index in [-0.39, 0.29) is 0 Å². The van der Waals surface area contributed by atoms with Gasteiger partial charge in [0.2, 0.25) is 0 Å². The van der Waals surface area contributed by atoms with Crippen molar-refractivity contribution in [2.75, 3.05) is 19.6 Å². The van der Waals surface area contributed by atoms with Crippen LogP contribution in [-0.2, 0) is 0 Å². The zero-order valence-corrected chi connectivity index (χ0v) is 8.87. The van der Waals surface area contributed by atoms with E-state index in [9.17, 15) is 0 Å². The molecule has 2 aliphatic rings. The summed E-state index contributed by atoms with van der Waals surface area (Å²) in [6, 6.07) is 0. The molecule has 1 nitrogen and oxygen atoms in total. The standard InChI is InChI=1S/C13H18N/c1-12-6-5-9-14(10-12)11-13-7-3-2-4-8-13/h3-4,7-8,12H,5-6,9-11H2,1H3/q+1. The smallest absolute Gasteiger partial charge is 0.103 e. The molecule has 1 unspecified atom stereocenters. The van der Waals surface area contributed by atoms with Crippen LogP contribution in [0, 0.1) is 12.0 Å². The van der Waals surface area contributed by atoms with Gasteiger partial charge in [-0.25, -0.2) is 0 Å². The van der Waals surface area contributed by atoms with Crippen LogP contribution in [-0.4, -0.2) is 24.5 Å². The van der Waals surface area contributed by atoms with E-state index in [1.807, 2.05) is 12.2 Å². The average Bonchev–Trinajstić information content (AvgIpc) is 2.19. The summed E-state index contributed by atoms with van der Waals surface area (Å²) in [5.41, 5.74) is 1.41. The minimum absolute atomic E-state index is 0.874. The number of likely N-dealkylation sites (tertiary alicyclic amines) is 1. The Labute approximate surface area is 86.8 Å². The maximum absolute atomic E-state index is 3.06. The van der Waals surface area contributed by atoms with E-state index in [0.29, 0.717) is 0 Å². The molecule has 2 rings (SSSR count). The first-order valence-corrected chi connectivity index (χ1v) is 5.52. The Kier molecular flexibility index (Phi) is 3.13. The summed E-state index contributed by atoms with van der Waals surface area (Å²) < 4.78 is 0. The van der Waals surface area contributed by atoms with Crippen LogP contribution in [0.3, 0.4) is 0 Å². The van der Waals surface area contributed by atoms with Crippen LogP contribution in [0.2, 0.25) is 0 Å². The van der Waals surface area contributed by atoms with Gasteiger partial charge in [0, 0.05) is 19.2 Å². The van der Waals surface area contributed by atoms with Gasteiger partial charge in [0.05, 0.1) is 17.7 Å². The van der Waals surface area contributed by atoms with Crippen LogP contribution in [0.15, 0.2) is 29.9 Å². The molecule has 1 heterocycles. The normalized spacial score (nSPS) is 27.2. The Bertz CT molecular complexity index is 273. The fourth-order valence-corrected chi connectivity index (χ4v) is 2.22. The van der Waals surface area contributed by atoms with E-state index >= 15 is 0 Å². The zero-order chi connectivity index (χ0) is 9.80. The van der Waals surface area contributed by atoms with Crippen molar-refractivity contribution in [2.45, 2.75) is 19.8 Å². The molecule has 1 atom stereocenters. The third-order valence-corrected chi connectivity index (χ3v) is 2.93. The van der Waals surface area contributed by atoms with Gasteiger partial charge >= 0.3 is 0 Å². The fraction of sp³-hybridized carbons (Fsp3) is 0.538. The van der Waals surface area contributed by atoms with Crippen LogP contribution >= 0.6 is 0 Å². The molecule has 0 amide bonds. The number of hydrogen-bond donors (Lipinski definition) is 0. The number of piperidine rings is 1. The topological polar surface area (TPSA) is 3.24 Å². The molecular formula is C13H18N+. The maximum Gasteiger partial charge on any atom is 0.103 e. The van der Waals surface area contributed by atoms with Crippen LogP contribution in [0.5, 0.6) is 0 Å². The Morgan fingerprint density at radius 1 is 1.57 bits per heavy atom. The van der Waals surface area contributed by atoms with Crippen molar-refractivity contribution in [1.29, 1.82) is 0 Å². The summed E-state index contributed by atoms with van der Waals surface area (Å²) in [7, 11) is 0. The quantitative estimate of drug-likeness (QED) is 0.602. The van der Waals surface area contributed by atoms with Gasteiger partial charge in [0.1, 0.15) is 12.2 Å². The SMILES string of the molecule is CC1CCCN(CC2=CC=[C+]C=C2)C1. The highest BCUT2D eigenvalue weighted by atomic mass is 15.1. The monoisotopic (exact) mass is 188 g/mol. The van der Waals surface area contributed by atoms with Gasteiger partial charge in [0.15, 0.2) is 0 Å². The molecule has 0 saturated carbocycles. The van der Waals surface area contributed by atoms with Gasteiger partial charge < -0.3 is 0 Å². The molecule has 1 fully saturated rings. The van der Waals surface area contributed by atoms with Crippen LogP contribution in [0.1, 0.15) is 19.8 Å². The Morgan fingerprint density at radius 3 is 3.21 bits per heavy atom. The number of rotatable bonds is 2. The van der Waals surface area contributed by atoms with Crippen molar-refractivity contribution in [3.05, 3.63) is 36.0 Å². The summed E-state index contributed by atoms with van der Waals surface area (Å²) in [6.45, 7) is 5.99. The lowest BCUT2D eigenvalue weighted by atomic mass is 9.99. The number of allylic oxidation sites excluding steroid dienone is 4. The second-order valence-electron chi connectivity index (χ2n) is 4.39. The van der Waals surface area contributed by atoms with Crippen LogP contribution in [0.4, 0.5) is 0 Å². The van der Waals surface area contributed by atoms with Gasteiger partial charge in [-0.1, -0.05) is 6.92 Å². The molecule has 0 radical (unpaired) electrons. The van der Waals surface area contributed by atoms with E-state index in [4.69, 9.17) is 0 Å². The summed E-state index contributed by atoms with van der Waals surface area (Å²) in [4.78, 5) is 2.56. The Morgan fingerprint density at radius 2 is 2.50 bits per heavy atom. The predicted molar refractivity (Wildman–Crippen MR) is 59.9 cm³/mol. The van der Waals surface area contributed by atoms with Crippen LogP contribution < -0.4 is 0 Å². The molecule has 0 aromatic rings. The summed E-state index contributed by atoms with van der Waals surface area (Å²) in [6.07, 6.45) is 14.2. The highest BCUT2D eigenvalue weighted by molar-refractivity contribution is 5.30. The second-order valence-corrected chi connectivity index (χ2v) is 4.39. The molecule has 14 heavy (non-hydrogen) atoms. The minimum atomic E-state index is 0.874. The minimum Gasteiger partial charge on any atom is -0.296 e. The van der Waals surface area contributed by atoms with Crippen molar-refractivity contribution in [2.24, 2.45) is 5.92 Å².